The first-order chi connectivity index (χ1) is 13.1. The van der Waals surface area contributed by atoms with Crippen molar-refractivity contribution < 1.29 is 18.7 Å². The first-order valence-electron chi connectivity index (χ1n) is 9.02. The number of carbonyl (C=O) groups is 1. The van der Waals surface area contributed by atoms with Crippen LogP contribution in [0, 0.1) is 6.92 Å². The lowest BCUT2D eigenvalue weighted by Gasteiger charge is -2.10. The molecule has 27 heavy (non-hydrogen) atoms. The second kappa shape index (κ2) is 7.27. The van der Waals surface area contributed by atoms with Crippen molar-refractivity contribution in [2.75, 3.05) is 6.61 Å². The van der Waals surface area contributed by atoms with Gasteiger partial charge >= 0.3 is 11.6 Å². The summed E-state index contributed by atoms with van der Waals surface area (Å²) in [5.74, 6) is 0.192. The SMILES string of the molecule is Cc1ccc2c(COC(=O)COc3ccc4c(c3)CCC4)cc(=O)oc2c1. The summed E-state index contributed by atoms with van der Waals surface area (Å²) in [6.07, 6.45) is 3.33. The van der Waals surface area contributed by atoms with Crippen LogP contribution in [0.15, 0.2) is 51.7 Å². The maximum absolute atomic E-state index is 12.0. The normalized spacial score (nSPS) is 12.8. The summed E-state index contributed by atoms with van der Waals surface area (Å²) in [7, 11) is 0. The fourth-order valence-corrected chi connectivity index (χ4v) is 3.44. The minimum Gasteiger partial charge on any atom is -0.482 e. The highest BCUT2D eigenvalue weighted by Crippen LogP contribution is 2.26. The fourth-order valence-electron chi connectivity index (χ4n) is 3.44. The summed E-state index contributed by atoms with van der Waals surface area (Å²) in [4.78, 5) is 23.8. The van der Waals surface area contributed by atoms with E-state index in [-0.39, 0.29) is 13.2 Å². The lowest BCUT2D eigenvalue weighted by atomic mass is 10.1. The predicted octanol–water partition coefficient (Wildman–Crippen LogP) is 3.71. The quantitative estimate of drug-likeness (QED) is 0.510. The molecule has 1 heterocycles. The van der Waals surface area contributed by atoms with Gasteiger partial charge in [0.1, 0.15) is 17.9 Å². The molecule has 0 N–H and O–H groups in total. The molecule has 0 fully saturated rings. The van der Waals surface area contributed by atoms with Crippen molar-refractivity contribution in [3.63, 3.8) is 0 Å². The Morgan fingerprint density at radius 1 is 1.07 bits per heavy atom. The third-order valence-corrected chi connectivity index (χ3v) is 4.80. The van der Waals surface area contributed by atoms with Gasteiger partial charge in [0.2, 0.25) is 0 Å². The monoisotopic (exact) mass is 364 g/mol. The maximum atomic E-state index is 12.0. The molecule has 0 bridgehead atoms. The van der Waals surface area contributed by atoms with Crippen molar-refractivity contribution in [1.29, 1.82) is 0 Å². The van der Waals surface area contributed by atoms with Gasteiger partial charge in [-0.1, -0.05) is 18.2 Å². The molecular weight excluding hydrogens is 344 g/mol. The predicted molar refractivity (Wildman–Crippen MR) is 101 cm³/mol. The Labute approximate surface area is 156 Å². The molecule has 0 spiro atoms. The van der Waals surface area contributed by atoms with Gasteiger partial charge in [-0.2, -0.15) is 0 Å². The van der Waals surface area contributed by atoms with Crippen LogP contribution in [-0.2, 0) is 29.0 Å². The second-order valence-corrected chi connectivity index (χ2v) is 6.82. The molecule has 2 aromatic carbocycles. The van der Waals surface area contributed by atoms with Crippen LogP contribution in [0.1, 0.15) is 28.7 Å². The van der Waals surface area contributed by atoms with Crippen LogP contribution in [0.5, 0.6) is 5.75 Å². The molecular formula is C22H20O5. The number of hydrogen-bond donors (Lipinski definition) is 0. The van der Waals surface area contributed by atoms with E-state index in [0.717, 1.165) is 23.8 Å². The number of rotatable bonds is 5. The number of fused-ring (bicyclic) bond motifs is 2. The topological polar surface area (TPSA) is 65.7 Å². The van der Waals surface area contributed by atoms with Gasteiger partial charge in [-0.3, -0.25) is 0 Å². The maximum Gasteiger partial charge on any atom is 0.344 e. The number of esters is 1. The zero-order valence-corrected chi connectivity index (χ0v) is 15.1. The van der Waals surface area contributed by atoms with Crippen LogP contribution < -0.4 is 10.4 Å². The molecule has 138 valence electrons. The van der Waals surface area contributed by atoms with E-state index in [1.807, 2.05) is 31.2 Å². The summed E-state index contributed by atoms with van der Waals surface area (Å²) in [6.45, 7) is 1.75. The summed E-state index contributed by atoms with van der Waals surface area (Å²) >= 11 is 0. The molecule has 1 aromatic heterocycles. The molecule has 1 aliphatic carbocycles. The minimum absolute atomic E-state index is 0.00244. The van der Waals surface area contributed by atoms with Gasteiger partial charge in [0.15, 0.2) is 6.61 Å². The van der Waals surface area contributed by atoms with Crippen LogP contribution in [0.25, 0.3) is 11.0 Å². The first-order valence-corrected chi connectivity index (χ1v) is 9.02. The highest BCUT2D eigenvalue weighted by Gasteiger charge is 2.13. The molecule has 4 rings (SSSR count). The first kappa shape index (κ1) is 17.3. The molecule has 0 unspecified atom stereocenters. The van der Waals surface area contributed by atoms with Gasteiger partial charge in [0, 0.05) is 17.0 Å². The summed E-state index contributed by atoms with van der Waals surface area (Å²) < 4.78 is 16.1. The van der Waals surface area contributed by atoms with Gasteiger partial charge in [-0.25, -0.2) is 9.59 Å². The molecule has 0 radical (unpaired) electrons. The van der Waals surface area contributed by atoms with E-state index < -0.39 is 11.6 Å². The molecule has 0 atom stereocenters. The zero-order valence-electron chi connectivity index (χ0n) is 15.1. The van der Waals surface area contributed by atoms with E-state index in [1.165, 1.54) is 23.6 Å². The smallest absolute Gasteiger partial charge is 0.344 e. The van der Waals surface area contributed by atoms with Gasteiger partial charge in [0.25, 0.3) is 0 Å². The number of carbonyl (C=O) groups excluding carboxylic acids is 1. The molecule has 3 aromatic rings. The highest BCUT2D eigenvalue weighted by atomic mass is 16.6. The largest absolute Gasteiger partial charge is 0.482 e. The van der Waals surface area contributed by atoms with Crippen molar-refractivity contribution in [2.45, 2.75) is 32.8 Å². The highest BCUT2D eigenvalue weighted by molar-refractivity contribution is 5.81. The molecule has 0 aliphatic heterocycles. The lowest BCUT2D eigenvalue weighted by molar-refractivity contribution is -0.147. The summed E-state index contributed by atoms with van der Waals surface area (Å²) in [5.41, 5.74) is 4.28. The van der Waals surface area contributed by atoms with Gasteiger partial charge in [-0.15, -0.1) is 0 Å². The van der Waals surface area contributed by atoms with Crippen molar-refractivity contribution >= 4 is 16.9 Å². The third-order valence-electron chi connectivity index (χ3n) is 4.80. The van der Waals surface area contributed by atoms with Crippen LogP contribution >= 0.6 is 0 Å². The Balaban J connectivity index is 1.39. The van der Waals surface area contributed by atoms with Crippen LogP contribution in [0.2, 0.25) is 0 Å². The van der Waals surface area contributed by atoms with Crippen molar-refractivity contribution in [3.8, 4) is 5.75 Å². The number of ether oxygens (including phenoxy) is 2. The zero-order chi connectivity index (χ0) is 18.8. The Morgan fingerprint density at radius 2 is 1.93 bits per heavy atom. The summed E-state index contributed by atoms with van der Waals surface area (Å²) in [5, 5.41) is 0.757. The van der Waals surface area contributed by atoms with E-state index >= 15 is 0 Å². The van der Waals surface area contributed by atoms with E-state index in [2.05, 4.69) is 6.07 Å². The number of benzene rings is 2. The van der Waals surface area contributed by atoms with Crippen LogP contribution in [-0.4, -0.2) is 12.6 Å². The number of hydrogen-bond acceptors (Lipinski definition) is 5. The van der Waals surface area contributed by atoms with Crippen molar-refractivity contribution in [2.24, 2.45) is 0 Å². The van der Waals surface area contributed by atoms with Crippen molar-refractivity contribution in [3.05, 3.63) is 75.1 Å². The molecule has 5 heteroatoms. The van der Waals surface area contributed by atoms with E-state index in [0.29, 0.717) is 16.9 Å². The van der Waals surface area contributed by atoms with E-state index in [4.69, 9.17) is 13.9 Å². The minimum atomic E-state index is -0.482. The standard InChI is InChI=1S/C22H20O5/c1-14-5-8-19-17(11-21(23)27-20(19)9-14)12-26-22(24)13-25-18-7-6-15-3-2-4-16(15)10-18/h5-11H,2-4,12-13H2,1H3. The van der Waals surface area contributed by atoms with Crippen LogP contribution in [0.3, 0.4) is 0 Å². The van der Waals surface area contributed by atoms with Gasteiger partial charge < -0.3 is 13.9 Å². The molecule has 0 saturated carbocycles. The van der Waals surface area contributed by atoms with E-state index in [9.17, 15) is 9.59 Å². The van der Waals surface area contributed by atoms with Gasteiger partial charge in [-0.05, 0) is 61.1 Å². The average Bonchev–Trinajstić information content (AvgIpc) is 3.11. The average molecular weight is 364 g/mol. The molecule has 1 aliphatic rings. The van der Waals surface area contributed by atoms with Crippen molar-refractivity contribution in [1.82, 2.24) is 0 Å². The lowest BCUT2D eigenvalue weighted by Crippen LogP contribution is -2.15. The second-order valence-electron chi connectivity index (χ2n) is 6.82. The van der Waals surface area contributed by atoms with Gasteiger partial charge in [0.05, 0.1) is 0 Å². The van der Waals surface area contributed by atoms with Crippen LogP contribution in [0.4, 0.5) is 0 Å². The Morgan fingerprint density at radius 3 is 2.81 bits per heavy atom. The molecule has 0 saturated heterocycles. The Hall–Kier alpha value is -3.08. The molecule has 0 amide bonds. The summed E-state index contributed by atoms with van der Waals surface area (Å²) in [6, 6.07) is 12.9. The fraction of sp³-hybridized carbons (Fsp3) is 0.273. The van der Waals surface area contributed by atoms with E-state index in [1.54, 1.807) is 6.07 Å². The Bertz CT molecular complexity index is 1060. The molecule has 5 nitrogen and oxygen atoms in total. The number of aryl methyl sites for hydroxylation is 3. The third kappa shape index (κ3) is 3.87. The Kier molecular flexibility index (Phi) is 4.67.